The van der Waals surface area contributed by atoms with Crippen LogP contribution in [0.1, 0.15) is 22.8 Å². The van der Waals surface area contributed by atoms with E-state index in [1.54, 1.807) is 37.5 Å². The van der Waals surface area contributed by atoms with Gasteiger partial charge in [0, 0.05) is 23.5 Å². The molecule has 0 spiro atoms. The summed E-state index contributed by atoms with van der Waals surface area (Å²) >= 11 is 0. The van der Waals surface area contributed by atoms with Crippen molar-refractivity contribution in [3.63, 3.8) is 0 Å². The molecule has 7 nitrogen and oxygen atoms in total. The number of carbonyl (C=O) groups excluding carboxylic acids is 1. The molecule has 24 heavy (non-hydrogen) atoms. The van der Waals surface area contributed by atoms with E-state index in [2.05, 4.69) is 15.5 Å². The van der Waals surface area contributed by atoms with E-state index in [9.17, 15) is 4.79 Å². The number of hydrazone groups is 1. The van der Waals surface area contributed by atoms with Crippen molar-refractivity contribution < 1.29 is 19.0 Å². The molecule has 0 unspecified atom stereocenters. The largest absolute Gasteiger partial charge is 0.493 e. The van der Waals surface area contributed by atoms with Crippen LogP contribution in [0.15, 0.2) is 41.8 Å². The molecule has 1 aromatic carbocycles. The number of hydrogen-bond donors (Lipinski definition) is 1. The number of pyridine rings is 1. The fraction of sp³-hybridized carbons (Fsp3) is 0.235. The molecule has 0 bridgehead atoms. The van der Waals surface area contributed by atoms with Gasteiger partial charge < -0.3 is 14.2 Å². The first-order valence-electron chi connectivity index (χ1n) is 7.15. The van der Waals surface area contributed by atoms with Crippen LogP contribution in [0.5, 0.6) is 17.2 Å². The van der Waals surface area contributed by atoms with E-state index in [0.717, 1.165) is 5.56 Å². The number of rotatable bonds is 6. The Morgan fingerprint density at radius 1 is 1.08 bits per heavy atom. The molecule has 0 aliphatic heterocycles. The highest BCUT2D eigenvalue weighted by molar-refractivity contribution is 6.01. The summed E-state index contributed by atoms with van der Waals surface area (Å²) < 4.78 is 15.7. The van der Waals surface area contributed by atoms with Gasteiger partial charge in [0.15, 0.2) is 11.5 Å². The first-order valence-corrected chi connectivity index (χ1v) is 7.15. The van der Waals surface area contributed by atoms with Gasteiger partial charge in [0.1, 0.15) is 0 Å². The Morgan fingerprint density at radius 3 is 2.25 bits per heavy atom. The van der Waals surface area contributed by atoms with Gasteiger partial charge in [-0.2, -0.15) is 5.10 Å². The zero-order valence-electron chi connectivity index (χ0n) is 14.0. The zero-order valence-corrected chi connectivity index (χ0v) is 14.0. The highest BCUT2D eigenvalue weighted by atomic mass is 16.5. The van der Waals surface area contributed by atoms with Gasteiger partial charge in [-0.3, -0.25) is 9.78 Å². The van der Waals surface area contributed by atoms with Crippen LogP contribution in [0.25, 0.3) is 0 Å². The summed E-state index contributed by atoms with van der Waals surface area (Å²) in [4.78, 5) is 16.3. The number of ether oxygens (including phenoxy) is 3. The summed E-state index contributed by atoms with van der Waals surface area (Å²) in [6.07, 6.45) is 3.34. The molecular formula is C17H19N3O4. The average molecular weight is 329 g/mol. The topological polar surface area (TPSA) is 82.0 Å². The highest BCUT2D eigenvalue weighted by Gasteiger charge is 2.16. The Kier molecular flexibility index (Phi) is 5.73. The van der Waals surface area contributed by atoms with Gasteiger partial charge in [0.05, 0.1) is 27.0 Å². The monoisotopic (exact) mass is 329 g/mol. The lowest BCUT2D eigenvalue weighted by molar-refractivity contribution is 0.0954. The second-order valence-corrected chi connectivity index (χ2v) is 4.79. The van der Waals surface area contributed by atoms with Crippen LogP contribution >= 0.6 is 0 Å². The number of nitrogens with one attached hydrogen (secondary N) is 1. The van der Waals surface area contributed by atoms with Crippen LogP contribution < -0.4 is 19.6 Å². The maximum absolute atomic E-state index is 12.3. The normalized spacial score (nSPS) is 10.9. The van der Waals surface area contributed by atoms with Crippen molar-refractivity contribution in [2.45, 2.75) is 6.92 Å². The number of nitrogens with zero attached hydrogens (tertiary/aromatic N) is 2. The number of benzene rings is 1. The molecule has 126 valence electrons. The molecule has 1 heterocycles. The Hall–Kier alpha value is -3.09. The van der Waals surface area contributed by atoms with E-state index in [1.807, 2.05) is 6.07 Å². The van der Waals surface area contributed by atoms with Crippen molar-refractivity contribution in [3.8, 4) is 17.2 Å². The molecule has 0 aliphatic carbocycles. The molecule has 1 N–H and O–H groups in total. The zero-order chi connectivity index (χ0) is 17.5. The maximum Gasteiger partial charge on any atom is 0.271 e. The van der Waals surface area contributed by atoms with Gasteiger partial charge in [-0.1, -0.05) is 6.07 Å². The van der Waals surface area contributed by atoms with Gasteiger partial charge >= 0.3 is 0 Å². The third-order valence-corrected chi connectivity index (χ3v) is 3.33. The smallest absolute Gasteiger partial charge is 0.271 e. The van der Waals surface area contributed by atoms with Crippen molar-refractivity contribution in [1.82, 2.24) is 10.4 Å². The summed E-state index contributed by atoms with van der Waals surface area (Å²) in [5, 5.41) is 4.09. The van der Waals surface area contributed by atoms with Crippen LogP contribution in [0.4, 0.5) is 0 Å². The van der Waals surface area contributed by atoms with Crippen LogP contribution in [0.2, 0.25) is 0 Å². The van der Waals surface area contributed by atoms with Crippen LogP contribution in [0, 0.1) is 0 Å². The lowest BCUT2D eigenvalue weighted by Crippen LogP contribution is -2.19. The third-order valence-electron chi connectivity index (χ3n) is 3.33. The van der Waals surface area contributed by atoms with Crippen molar-refractivity contribution >= 4 is 11.6 Å². The van der Waals surface area contributed by atoms with Crippen molar-refractivity contribution in [3.05, 3.63) is 47.8 Å². The second kappa shape index (κ2) is 7.96. The van der Waals surface area contributed by atoms with Crippen LogP contribution in [-0.4, -0.2) is 37.9 Å². The van der Waals surface area contributed by atoms with Crippen molar-refractivity contribution in [2.24, 2.45) is 5.10 Å². The van der Waals surface area contributed by atoms with E-state index in [0.29, 0.717) is 28.5 Å². The Bertz CT molecular complexity index is 720. The van der Waals surface area contributed by atoms with Crippen LogP contribution in [0.3, 0.4) is 0 Å². The minimum atomic E-state index is -0.391. The van der Waals surface area contributed by atoms with Gasteiger partial charge in [0.2, 0.25) is 5.75 Å². The van der Waals surface area contributed by atoms with Gasteiger partial charge in [-0.25, -0.2) is 5.43 Å². The number of aromatic nitrogens is 1. The molecule has 2 rings (SSSR count). The lowest BCUT2D eigenvalue weighted by Gasteiger charge is -2.13. The Labute approximate surface area is 140 Å². The van der Waals surface area contributed by atoms with E-state index in [1.165, 1.54) is 21.3 Å². The van der Waals surface area contributed by atoms with E-state index >= 15 is 0 Å². The fourth-order valence-electron chi connectivity index (χ4n) is 2.05. The molecular weight excluding hydrogens is 310 g/mol. The van der Waals surface area contributed by atoms with E-state index in [-0.39, 0.29) is 0 Å². The minimum absolute atomic E-state index is 0.340. The van der Waals surface area contributed by atoms with Crippen molar-refractivity contribution in [2.75, 3.05) is 21.3 Å². The quantitative estimate of drug-likeness (QED) is 0.649. The van der Waals surface area contributed by atoms with E-state index in [4.69, 9.17) is 14.2 Å². The molecule has 0 radical (unpaired) electrons. The predicted molar refractivity (Wildman–Crippen MR) is 90.0 cm³/mol. The Balaban J connectivity index is 2.24. The summed E-state index contributed by atoms with van der Waals surface area (Å²) in [5.41, 5.74) is 4.31. The SMILES string of the molecule is COc1cc(C(=O)N/N=C(\C)c2cccnc2)cc(OC)c1OC. The number of methoxy groups -OCH3 is 3. The molecule has 1 aromatic heterocycles. The van der Waals surface area contributed by atoms with Gasteiger partial charge in [0.25, 0.3) is 5.91 Å². The first-order chi connectivity index (χ1) is 11.6. The number of amides is 1. The highest BCUT2D eigenvalue weighted by Crippen LogP contribution is 2.38. The molecule has 1 amide bonds. The standard InChI is InChI=1S/C17H19N3O4/c1-11(12-6-5-7-18-10-12)19-20-17(21)13-8-14(22-2)16(24-4)15(9-13)23-3/h5-10H,1-4H3,(H,20,21)/b19-11+. The summed E-state index contributed by atoms with van der Waals surface area (Å²) in [6.45, 7) is 1.78. The third kappa shape index (κ3) is 3.81. The molecule has 0 atom stereocenters. The molecule has 2 aromatic rings. The fourth-order valence-corrected chi connectivity index (χ4v) is 2.05. The van der Waals surface area contributed by atoms with Crippen molar-refractivity contribution in [1.29, 1.82) is 0 Å². The molecule has 0 aliphatic rings. The Morgan fingerprint density at radius 2 is 1.75 bits per heavy atom. The predicted octanol–water partition coefficient (Wildman–Crippen LogP) is 2.26. The van der Waals surface area contributed by atoms with Gasteiger partial charge in [-0.15, -0.1) is 0 Å². The van der Waals surface area contributed by atoms with E-state index < -0.39 is 5.91 Å². The maximum atomic E-state index is 12.3. The average Bonchev–Trinajstić information content (AvgIpc) is 2.65. The molecule has 7 heteroatoms. The minimum Gasteiger partial charge on any atom is -0.493 e. The lowest BCUT2D eigenvalue weighted by atomic mass is 10.1. The first kappa shape index (κ1) is 17.3. The number of hydrogen-bond acceptors (Lipinski definition) is 6. The van der Waals surface area contributed by atoms with Crippen LogP contribution in [-0.2, 0) is 0 Å². The summed E-state index contributed by atoms with van der Waals surface area (Å²) in [7, 11) is 4.48. The molecule has 0 fully saturated rings. The molecule has 0 saturated heterocycles. The summed E-state index contributed by atoms with van der Waals surface area (Å²) in [6, 6.07) is 6.78. The molecule has 0 saturated carbocycles. The van der Waals surface area contributed by atoms with Gasteiger partial charge in [-0.05, 0) is 25.1 Å². The second-order valence-electron chi connectivity index (χ2n) is 4.79. The number of carbonyl (C=O) groups is 1. The summed E-state index contributed by atoms with van der Waals surface area (Å²) in [5.74, 6) is 0.828.